The molecule has 0 bridgehead atoms. The number of hydrogen-bond donors (Lipinski definition) is 1. The number of nitrogens with zero attached hydrogens (tertiary/aromatic N) is 2. The molecular formula is C19H34N2O3. The minimum atomic E-state index is -0.436. The molecule has 24 heavy (non-hydrogen) atoms. The lowest BCUT2D eigenvalue weighted by atomic mass is 10.1. The van der Waals surface area contributed by atoms with Gasteiger partial charge in [-0.3, -0.25) is 10.1 Å². The van der Waals surface area contributed by atoms with Crippen molar-refractivity contribution in [1.29, 1.82) is 0 Å². The summed E-state index contributed by atoms with van der Waals surface area (Å²) in [5.74, 6) is 0. The highest BCUT2D eigenvalue weighted by atomic mass is 16.6. The van der Waals surface area contributed by atoms with E-state index in [0.717, 1.165) is 44.3 Å². The predicted octanol–water partition coefficient (Wildman–Crippen LogP) is 4.67. The van der Waals surface area contributed by atoms with Gasteiger partial charge in [0.05, 0.1) is 17.6 Å². The van der Waals surface area contributed by atoms with Gasteiger partial charge in [-0.15, -0.1) is 0 Å². The summed E-state index contributed by atoms with van der Waals surface area (Å²) in [6.45, 7) is 11.0. The molecule has 1 aliphatic rings. The first-order chi connectivity index (χ1) is 11.5. The molecule has 0 radical (unpaired) electrons. The molecule has 5 nitrogen and oxygen atoms in total. The van der Waals surface area contributed by atoms with E-state index >= 15 is 0 Å². The zero-order valence-corrected chi connectivity index (χ0v) is 15.5. The molecule has 1 heterocycles. The van der Waals surface area contributed by atoms with Gasteiger partial charge in [0.2, 0.25) is 0 Å². The molecule has 1 N–H and O–H groups in total. The molecule has 0 aliphatic carbocycles. The summed E-state index contributed by atoms with van der Waals surface area (Å²) in [5, 5.41) is 20.2. The first-order valence-corrected chi connectivity index (χ1v) is 9.10. The van der Waals surface area contributed by atoms with Gasteiger partial charge in [-0.25, -0.2) is 0 Å². The Morgan fingerprint density at radius 2 is 1.96 bits per heavy atom. The molecule has 1 unspecified atom stereocenters. The fourth-order valence-electron chi connectivity index (χ4n) is 2.47. The summed E-state index contributed by atoms with van der Waals surface area (Å²) < 4.78 is 0. The summed E-state index contributed by atoms with van der Waals surface area (Å²) in [7, 11) is 0. The van der Waals surface area contributed by atoms with Crippen LogP contribution in [0.4, 0.5) is 0 Å². The Labute approximate surface area is 146 Å². The van der Waals surface area contributed by atoms with E-state index in [9.17, 15) is 15.2 Å². The quantitative estimate of drug-likeness (QED) is 0.377. The third-order valence-corrected chi connectivity index (χ3v) is 4.11. The molecule has 0 aromatic carbocycles. The molecule has 5 heteroatoms. The summed E-state index contributed by atoms with van der Waals surface area (Å²) in [4.78, 5) is 12.5. The molecule has 1 fully saturated rings. The van der Waals surface area contributed by atoms with Gasteiger partial charge in [0.25, 0.3) is 5.70 Å². The number of allylic oxidation sites excluding steroid dienone is 4. The normalized spacial score (nSPS) is 18.2. The van der Waals surface area contributed by atoms with Crippen molar-refractivity contribution in [2.75, 3.05) is 13.2 Å². The summed E-state index contributed by atoms with van der Waals surface area (Å²) in [6, 6.07) is 0.147. The van der Waals surface area contributed by atoms with Crippen molar-refractivity contribution >= 4 is 0 Å². The van der Waals surface area contributed by atoms with Gasteiger partial charge in [0.15, 0.2) is 0 Å². The molecule has 1 saturated heterocycles. The van der Waals surface area contributed by atoms with E-state index in [0.29, 0.717) is 0 Å². The van der Waals surface area contributed by atoms with Crippen molar-refractivity contribution in [3.63, 3.8) is 0 Å². The Morgan fingerprint density at radius 1 is 1.29 bits per heavy atom. The van der Waals surface area contributed by atoms with Crippen LogP contribution in [0.25, 0.3) is 0 Å². The predicted molar refractivity (Wildman–Crippen MR) is 100 cm³/mol. The van der Waals surface area contributed by atoms with E-state index in [1.807, 2.05) is 6.08 Å². The lowest BCUT2D eigenvalue weighted by molar-refractivity contribution is -0.418. The van der Waals surface area contributed by atoms with Crippen LogP contribution in [0, 0.1) is 10.1 Å². The first-order valence-electron chi connectivity index (χ1n) is 9.10. The maximum Gasteiger partial charge on any atom is 0.268 e. The maximum absolute atomic E-state index is 10.8. The lowest BCUT2D eigenvalue weighted by Crippen LogP contribution is -2.31. The first kappa shape index (κ1) is 22.4. The van der Waals surface area contributed by atoms with Crippen molar-refractivity contribution in [2.45, 2.75) is 71.8 Å². The molecule has 0 aromatic rings. The molecule has 0 spiro atoms. The van der Waals surface area contributed by atoms with Crippen molar-refractivity contribution in [2.24, 2.45) is 0 Å². The van der Waals surface area contributed by atoms with Crippen LogP contribution < -0.4 is 0 Å². The average Bonchev–Trinajstić information content (AvgIpc) is 3.06. The highest BCUT2D eigenvalue weighted by molar-refractivity contribution is 5.20. The second kappa shape index (κ2) is 13.8. The highest BCUT2D eigenvalue weighted by Gasteiger charge is 2.25. The van der Waals surface area contributed by atoms with Gasteiger partial charge in [-0.1, -0.05) is 46.6 Å². The van der Waals surface area contributed by atoms with Gasteiger partial charge in [-0.05, 0) is 31.8 Å². The molecule has 0 saturated carbocycles. The highest BCUT2D eigenvalue weighted by Crippen LogP contribution is 2.25. The summed E-state index contributed by atoms with van der Waals surface area (Å²) in [5.41, 5.74) is 1.07. The zero-order valence-electron chi connectivity index (χ0n) is 15.5. The number of rotatable bonds is 9. The fourth-order valence-corrected chi connectivity index (χ4v) is 2.47. The standard InChI is InChI=1S/C15H24N2O3.C4H10/c1-3-5-7-14(10-9-13(4-2)17(19)20)16-11-6-8-15(16)12-18;1-3-4-2/h4,9-10,15,18H,2-3,5-8,11-12H2,1H3;3-4H2,1-2H3/b13-9+,14-10+;. The van der Waals surface area contributed by atoms with Gasteiger partial charge >= 0.3 is 0 Å². The van der Waals surface area contributed by atoms with E-state index in [4.69, 9.17) is 0 Å². The Balaban J connectivity index is 0.00000118. The second-order valence-electron chi connectivity index (χ2n) is 5.99. The second-order valence-corrected chi connectivity index (χ2v) is 5.99. The van der Waals surface area contributed by atoms with E-state index in [1.54, 1.807) is 0 Å². The van der Waals surface area contributed by atoms with E-state index in [1.165, 1.54) is 25.0 Å². The molecule has 0 amide bonds. The van der Waals surface area contributed by atoms with Crippen LogP contribution in [0.2, 0.25) is 0 Å². The van der Waals surface area contributed by atoms with Gasteiger partial charge in [0.1, 0.15) is 0 Å². The average molecular weight is 338 g/mol. The molecule has 1 rings (SSSR count). The largest absolute Gasteiger partial charge is 0.394 e. The fraction of sp³-hybridized carbons (Fsp3) is 0.684. The number of hydrogen-bond acceptors (Lipinski definition) is 4. The van der Waals surface area contributed by atoms with Crippen molar-refractivity contribution in [3.8, 4) is 0 Å². The minimum Gasteiger partial charge on any atom is -0.394 e. The van der Waals surface area contributed by atoms with Crippen LogP contribution in [-0.2, 0) is 0 Å². The molecule has 0 aromatic heterocycles. The van der Waals surface area contributed by atoms with Crippen molar-refractivity contribution < 1.29 is 10.0 Å². The van der Waals surface area contributed by atoms with E-state index in [2.05, 4.69) is 32.3 Å². The Morgan fingerprint density at radius 3 is 2.42 bits per heavy atom. The number of nitro groups is 1. The van der Waals surface area contributed by atoms with Crippen molar-refractivity contribution in [1.82, 2.24) is 4.90 Å². The monoisotopic (exact) mass is 338 g/mol. The molecule has 138 valence electrons. The number of aliphatic hydroxyl groups is 1. The van der Waals surface area contributed by atoms with Gasteiger partial charge in [0, 0.05) is 24.4 Å². The summed E-state index contributed by atoms with van der Waals surface area (Å²) in [6.07, 6.45) is 12.2. The Hall–Kier alpha value is -1.62. The summed E-state index contributed by atoms with van der Waals surface area (Å²) >= 11 is 0. The van der Waals surface area contributed by atoms with Crippen LogP contribution >= 0.6 is 0 Å². The number of likely N-dealkylation sites (tertiary alicyclic amines) is 1. The van der Waals surface area contributed by atoms with E-state index < -0.39 is 4.92 Å². The van der Waals surface area contributed by atoms with Crippen LogP contribution in [-0.4, -0.2) is 34.1 Å². The minimum absolute atomic E-state index is 0.00116. The molecule has 1 aliphatic heterocycles. The van der Waals surface area contributed by atoms with Gasteiger partial charge < -0.3 is 10.0 Å². The Kier molecular flexibility index (Phi) is 12.9. The number of aliphatic hydroxyl groups excluding tert-OH is 1. The van der Waals surface area contributed by atoms with Crippen LogP contribution in [0.3, 0.4) is 0 Å². The maximum atomic E-state index is 10.8. The smallest absolute Gasteiger partial charge is 0.268 e. The van der Waals surface area contributed by atoms with Crippen LogP contribution in [0.5, 0.6) is 0 Å². The van der Waals surface area contributed by atoms with Crippen LogP contribution in [0.15, 0.2) is 36.2 Å². The molecule has 1 atom stereocenters. The SMILES string of the molecule is C=C/C(=C\C=C(/CCCC)N1CCCC1CO)[N+](=O)[O-].CCCC. The van der Waals surface area contributed by atoms with Gasteiger partial charge in [-0.2, -0.15) is 0 Å². The topological polar surface area (TPSA) is 66.6 Å². The number of unbranched alkanes of at least 4 members (excludes halogenated alkanes) is 2. The lowest BCUT2D eigenvalue weighted by Gasteiger charge is -2.28. The van der Waals surface area contributed by atoms with Crippen LogP contribution in [0.1, 0.15) is 65.7 Å². The van der Waals surface area contributed by atoms with Crippen molar-refractivity contribution in [3.05, 3.63) is 46.3 Å². The van der Waals surface area contributed by atoms with E-state index in [-0.39, 0.29) is 18.3 Å². The molecular weight excluding hydrogens is 304 g/mol. The third-order valence-electron chi connectivity index (χ3n) is 4.11. The third kappa shape index (κ3) is 8.29. The Bertz CT molecular complexity index is 428. The zero-order chi connectivity index (χ0) is 18.4.